The van der Waals surface area contributed by atoms with Crippen LogP contribution in [0.1, 0.15) is 53.4 Å². The van der Waals surface area contributed by atoms with Gasteiger partial charge in [-0.05, 0) is 37.5 Å². The van der Waals surface area contributed by atoms with Crippen LogP contribution in [0.25, 0.3) is 0 Å². The largest absolute Gasteiger partial charge is 0.396 e. The van der Waals surface area contributed by atoms with Gasteiger partial charge in [0.2, 0.25) is 0 Å². The Hall–Kier alpha value is -0.0900. The summed E-state index contributed by atoms with van der Waals surface area (Å²) in [6, 6.07) is 0. The molecular formula is C17H38IN3O3S. The summed E-state index contributed by atoms with van der Waals surface area (Å²) in [5.41, 5.74) is -0.167. The molecule has 0 saturated carbocycles. The van der Waals surface area contributed by atoms with Crippen molar-refractivity contribution in [1.29, 1.82) is 0 Å². The van der Waals surface area contributed by atoms with Crippen LogP contribution in [0.2, 0.25) is 0 Å². The predicted molar refractivity (Wildman–Crippen MR) is 118 cm³/mol. The van der Waals surface area contributed by atoms with Crippen molar-refractivity contribution < 1.29 is 13.5 Å². The van der Waals surface area contributed by atoms with Crippen molar-refractivity contribution in [2.75, 3.05) is 38.2 Å². The molecule has 0 aliphatic rings. The molecule has 0 spiro atoms. The van der Waals surface area contributed by atoms with Crippen molar-refractivity contribution in [1.82, 2.24) is 10.6 Å². The van der Waals surface area contributed by atoms with Gasteiger partial charge in [0, 0.05) is 32.5 Å². The lowest BCUT2D eigenvalue weighted by atomic mass is 9.90. The number of rotatable bonds is 12. The number of nitrogens with zero attached hydrogens (tertiary/aromatic N) is 1. The highest BCUT2D eigenvalue weighted by Gasteiger charge is 2.20. The van der Waals surface area contributed by atoms with E-state index in [4.69, 9.17) is 5.11 Å². The van der Waals surface area contributed by atoms with Crippen molar-refractivity contribution in [2.45, 2.75) is 53.4 Å². The summed E-state index contributed by atoms with van der Waals surface area (Å²) in [7, 11) is -2.94. The van der Waals surface area contributed by atoms with E-state index in [1.807, 2.05) is 20.8 Å². The first kappa shape index (κ1) is 27.1. The van der Waals surface area contributed by atoms with Gasteiger partial charge in [-0.15, -0.1) is 24.0 Å². The molecule has 6 nitrogen and oxygen atoms in total. The summed E-state index contributed by atoms with van der Waals surface area (Å²) in [5, 5.41) is 15.7. The molecule has 25 heavy (non-hydrogen) atoms. The minimum atomic E-state index is -2.94. The third-order valence-corrected chi connectivity index (χ3v) is 4.90. The molecule has 0 radical (unpaired) electrons. The van der Waals surface area contributed by atoms with E-state index in [2.05, 4.69) is 22.5 Å². The fourth-order valence-electron chi connectivity index (χ4n) is 2.36. The zero-order chi connectivity index (χ0) is 18.6. The van der Waals surface area contributed by atoms with E-state index >= 15 is 0 Å². The zero-order valence-corrected chi connectivity index (χ0v) is 19.6. The van der Waals surface area contributed by atoms with E-state index < -0.39 is 9.84 Å². The highest BCUT2D eigenvalue weighted by atomic mass is 127. The molecule has 0 fully saturated rings. The quantitative estimate of drug-likeness (QED) is 0.222. The lowest BCUT2D eigenvalue weighted by molar-refractivity contribution is 0.251. The van der Waals surface area contributed by atoms with Crippen molar-refractivity contribution >= 4 is 39.8 Å². The van der Waals surface area contributed by atoms with Gasteiger partial charge in [0.25, 0.3) is 0 Å². The second-order valence-corrected chi connectivity index (χ2v) is 9.55. The highest BCUT2D eigenvalue weighted by molar-refractivity contribution is 14.0. The maximum absolute atomic E-state index is 11.3. The van der Waals surface area contributed by atoms with Crippen LogP contribution in [0.15, 0.2) is 4.99 Å². The van der Waals surface area contributed by atoms with Gasteiger partial charge >= 0.3 is 0 Å². The van der Waals surface area contributed by atoms with Crippen LogP contribution < -0.4 is 10.6 Å². The van der Waals surface area contributed by atoms with Crippen molar-refractivity contribution in [2.24, 2.45) is 16.3 Å². The minimum absolute atomic E-state index is 0. The summed E-state index contributed by atoms with van der Waals surface area (Å²) in [5.74, 6) is 1.38. The SMILES string of the molecule is CCCC(CCO)CNC(=NCC(C)(C)CCS(C)(=O)=O)NCC.I. The number of nitrogens with one attached hydrogen (secondary N) is 2. The molecule has 0 aliphatic carbocycles. The number of hydrogen-bond acceptors (Lipinski definition) is 4. The normalized spacial score (nSPS) is 13.9. The van der Waals surface area contributed by atoms with Crippen LogP contribution in [0, 0.1) is 11.3 Å². The molecule has 0 rings (SSSR count). The molecule has 1 unspecified atom stereocenters. The Bertz CT molecular complexity index is 462. The van der Waals surface area contributed by atoms with E-state index in [-0.39, 0.29) is 41.8 Å². The van der Waals surface area contributed by atoms with Gasteiger partial charge in [0.15, 0.2) is 5.96 Å². The third-order valence-electron chi connectivity index (χ3n) is 3.95. The minimum Gasteiger partial charge on any atom is -0.396 e. The van der Waals surface area contributed by atoms with E-state index in [9.17, 15) is 8.42 Å². The van der Waals surface area contributed by atoms with Gasteiger partial charge in [0.05, 0.1) is 5.75 Å². The molecule has 152 valence electrons. The number of guanidine groups is 1. The fourth-order valence-corrected chi connectivity index (χ4v) is 3.28. The van der Waals surface area contributed by atoms with E-state index in [1.165, 1.54) is 6.26 Å². The van der Waals surface area contributed by atoms with Crippen molar-refractivity contribution in [3.63, 3.8) is 0 Å². The number of aliphatic imine (C=N–C) groups is 1. The molecule has 0 saturated heterocycles. The Morgan fingerprint density at radius 2 is 1.84 bits per heavy atom. The third kappa shape index (κ3) is 15.9. The summed E-state index contributed by atoms with van der Waals surface area (Å²) < 4.78 is 22.7. The van der Waals surface area contributed by atoms with Gasteiger partial charge in [-0.25, -0.2) is 8.42 Å². The lowest BCUT2D eigenvalue weighted by Crippen LogP contribution is -2.40. The van der Waals surface area contributed by atoms with Gasteiger partial charge in [-0.1, -0.05) is 27.2 Å². The monoisotopic (exact) mass is 491 g/mol. The van der Waals surface area contributed by atoms with E-state index in [1.54, 1.807) is 0 Å². The van der Waals surface area contributed by atoms with Crippen LogP contribution in [0.3, 0.4) is 0 Å². The molecule has 0 aromatic carbocycles. The number of aliphatic hydroxyl groups is 1. The second-order valence-electron chi connectivity index (χ2n) is 7.29. The van der Waals surface area contributed by atoms with Crippen LogP contribution >= 0.6 is 24.0 Å². The summed E-state index contributed by atoms with van der Waals surface area (Å²) >= 11 is 0. The molecule has 1 atom stereocenters. The summed E-state index contributed by atoms with van der Waals surface area (Å²) in [6.07, 6.45) is 4.83. The fraction of sp³-hybridized carbons (Fsp3) is 0.941. The maximum atomic E-state index is 11.3. The first-order valence-electron chi connectivity index (χ1n) is 8.94. The molecule has 0 heterocycles. The lowest BCUT2D eigenvalue weighted by Gasteiger charge is -2.23. The van der Waals surface area contributed by atoms with Gasteiger partial charge in [0.1, 0.15) is 9.84 Å². The Morgan fingerprint density at radius 3 is 2.32 bits per heavy atom. The Kier molecular flexibility index (Phi) is 15.2. The standard InChI is InChI=1S/C17H37N3O3S.HI/c1-6-8-15(9-11-21)13-19-16(18-7-2)20-14-17(3,4)10-12-24(5,22)23;/h15,21H,6-14H2,1-5H3,(H2,18,19,20);1H. The average molecular weight is 491 g/mol. The van der Waals surface area contributed by atoms with Gasteiger partial charge in [-0.3, -0.25) is 4.99 Å². The molecule has 0 bridgehead atoms. The van der Waals surface area contributed by atoms with E-state index in [0.717, 1.165) is 38.3 Å². The smallest absolute Gasteiger partial charge is 0.191 e. The summed E-state index contributed by atoms with van der Waals surface area (Å²) in [4.78, 5) is 4.62. The highest BCUT2D eigenvalue weighted by Crippen LogP contribution is 2.21. The molecular weight excluding hydrogens is 453 g/mol. The van der Waals surface area contributed by atoms with Crippen LogP contribution in [-0.4, -0.2) is 57.7 Å². The first-order chi connectivity index (χ1) is 11.1. The Labute approximate surface area is 171 Å². The predicted octanol–water partition coefficient (Wildman–Crippen LogP) is 2.42. The van der Waals surface area contributed by atoms with Gasteiger partial charge < -0.3 is 15.7 Å². The van der Waals surface area contributed by atoms with Crippen LogP contribution in [-0.2, 0) is 9.84 Å². The number of aliphatic hydroxyl groups excluding tert-OH is 1. The summed E-state index contributed by atoms with van der Waals surface area (Å²) in [6.45, 7) is 10.6. The Morgan fingerprint density at radius 1 is 1.20 bits per heavy atom. The molecule has 0 aromatic heterocycles. The zero-order valence-electron chi connectivity index (χ0n) is 16.5. The number of hydrogen-bond donors (Lipinski definition) is 3. The van der Waals surface area contributed by atoms with E-state index in [0.29, 0.717) is 18.9 Å². The van der Waals surface area contributed by atoms with Gasteiger partial charge in [-0.2, -0.15) is 0 Å². The molecule has 0 aliphatic heterocycles. The molecule has 3 N–H and O–H groups in total. The van der Waals surface area contributed by atoms with Crippen LogP contribution in [0.5, 0.6) is 0 Å². The van der Waals surface area contributed by atoms with Crippen molar-refractivity contribution in [3.05, 3.63) is 0 Å². The average Bonchev–Trinajstić information content (AvgIpc) is 2.48. The number of halogens is 1. The topological polar surface area (TPSA) is 90.8 Å². The first-order valence-corrected chi connectivity index (χ1v) is 11.0. The molecule has 8 heteroatoms. The van der Waals surface area contributed by atoms with Crippen LogP contribution in [0.4, 0.5) is 0 Å². The van der Waals surface area contributed by atoms with Crippen molar-refractivity contribution in [3.8, 4) is 0 Å². The maximum Gasteiger partial charge on any atom is 0.191 e. The Balaban J connectivity index is 0. The molecule has 0 amide bonds. The molecule has 0 aromatic rings. The second kappa shape index (κ2) is 14.0. The number of sulfone groups is 1.